The van der Waals surface area contributed by atoms with Crippen molar-refractivity contribution in [1.82, 2.24) is 5.32 Å². The Kier molecular flexibility index (Phi) is 48.0. The summed E-state index contributed by atoms with van der Waals surface area (Å²) in [6.07, 6.45) is 56.7. The number of rotatable bonds is 49. The predicted molar refractivity (Wildman–Crippen MR) is 264 cm³/mol. The summed E-state index contributed by atoms with van der Waals surface area (Å²) in [5, 5.41) is 23.8. The van der Waals surface area contributed by atoms with Gasteiger partial charge in [0.25, 0.3) is 0 Å². The van der Waals surface area contributed by atoms with Crippen LogP contribution in [0.5, 0.6) is 0 Å². The lowest BCUT2D eigenvalue weighted by Crippen LogP contribution is -2.46. The van der Waals surface area contributed by atoms with Crippen LogP contribution in [-0.4, -0.2) is 46.9 Å². The van der Waals surface area contributed by atoms with Gasteiger partial charge in [0, 0.05) is 6.42 Å². The van der Waals surface area contributed by atoms with E-state index >= 15 is 0 Å². The van der Waals surface area contributed by atoms with Crippen LogP contribution in [-0.2, 0) is 14.3 Å². The fourth-order valence-electron chi connectivity index (χ4n) is 8.36. The van der Waals surface area contributed by atoms with Crippen LogP contribution in [0.1, 0.15) is 290 Å². The van der Waals surface area contributed by atoms with Crippen LogP contribution in [0.4, 0.5) is 0 Å². The van der Waals surface area contributed by atoms with Crippen LogP contribution in [0.2, 0.25) is 0 Å². The second-order valence-corrected chi connectivity index (χ2v) is 18.6. The molecule has 3 atom stereocenters. The van der Waals surface area contributed by atoms with E-state index in [2.05, 4.69) is 50.4 Å². The molecule has 6 heteroatoms. The molecule has 0 saturated heterocycles. The molecule has 0 aliphatic carbocycles. The van der Waals surface area contributed by atoms with Gasteiger partial charge < -0.3 is 20.3 Å². The predicted octanol–water partition coefficient (Wildman–Crippen LogP) is 16.3. The van der Waals surface area contributed by atoms with Crippen LogP contribution in [0, 0.1) is 0 Å². The second kappa shape index (κ2) is 49.4. The molecule has 0 spiro atoms. The van der Waals surface area contributed by atoms with Crippen molar-refractivity contribution >= 4 is 11.9 Å². The first kappa shape index (κ1) is 59.3. The Bertz CT molecular complexity index is 966. The summed E-state index contributed by atoms with van der Waals surface area (Å²) < 4.78 is 5.94. The maximum absolute atomic E-state index is 13.2. The summed E-state index contributed by atoms with van der Waals surface area (Å²) in [5.74, 6) is -0.479. The Morgan fingerprint density at radius 1 is 0.459 bits per heavy atom. The number of amides is 1. The molecular weight excluding hydrogens is 755 g/mol. The highest BCUT2D eigenvalue weighted by Crippen LogP contribution is 2.18. The molecule has 0 aromatic heterocycles. The lowest BCUT2D eigenvalue weighted by Gasteiger charge is -2.24. The van der Waals surface area contributed by atoms with E-state index in [4.69, 9.17) is 4.74 Å². The van der Waals surface area contributed by atoms with Gasteiger partial charge in [-0.1, -0.05) is 225 Å². The summed E-state index contributed by atoms with van der Waals surface area (Å²) in [6.45, 7) is 6.48. The summed E-state index contributed by atoms with van der Waals surface area (Å²) >= 11 is 0. The molecule has 3 N–H and O–H groups in total. The number of carbonyl (C=O) groups is 2. The zero-order valence-corrected chi connectivity index (χ0v) is 41.1. The minimum Gasteiger partial charge on any atom is -0.462 e. The monoisotopic (exact) mass is 860 g/mol. The summed E-state index contributed by atoms with van der Waals surface area (Å²) in [7, 11) is 0. The lowest BCUT2D eigenvalue weighted by atomic mass is 10.0. The fourth-order valence-corrected chi connectivity index (χ4v) is 8.36. The van der Waals surface area contributed by atoms with Crippen molar-refractivity contribution in [2.45, 2.75) is 309 Å². The highest BCUT2D eigenvalue weighted by molar-refractivity contribution is 5.77. The van der Waals surface area contributed by atoms with E-state index in [1.807, 2.05) is 0 Å². The van der Waals surface area contributed by atoms with Gasteiger partial charge in [-0.05, 0) is 77.0 Å². The minimum atomic E-state index is -0.787. The highest BCUT2D eigenvalue weighted by atomic mass is 16.5. The van der Waals surface area contributed by atoms with Crippen molar-refractivity contribution in [3.8, 4) is 0 Å². The third-order valence-electron chi connectivity index (χ3n) is 12.5. The van der Waals surface area contributed by atoms with Crippen molar-refractivity contribution < 1.29 is 24.5 Å². The molecule has 0 aliphatic heterocycles. The molecule has 0 bridgehead atoms. The Labute approximate surface area is 380 Å². The number of allylic oxidation sites excluding steroid dienone is 4. The third kappa shape index (κ3) is 44.7. The summed E-state index contributed by atoms with van der Waals surface area (Å²) in [5.41, 5.74) is 0. The van der Waals surface area contributed by atoms with Crippen LogP contribution >= 0.6 is 0 Å². The Morgan fingerprint density at radius 2 is 0.787 bits per heavy atom. The number of ether oxygens (including phenoxy) is 1. The first-order valence-electron chi connectivity index (χ1n) is 27.1. The van der Waals surface area contributed by atoms with Gasteiger partial charge in [-0.2, -0.15) is 0 Å². The quantitative estimate of drug-likeness (QED) is 0.0322. The molecule has 0 aromatic carbocycles. The molecule has 61 heavy (non-hydrogen) atoms. The molecule has 1 amide bonds. The molecule has 3 unspecified atom stereocenters. The number of aliphatic hydroxyl groups is 2. The number of hydrogen-bond donors (Lipinski definition) is 3. The maximum atomic E-state index is 13.2. The number of esters is 1. The average molecular weight is 860 g/mol. The van der Waals surface area contributed by atoms with Gasteiger partial charge in [0.05, 0.1) is 25.2 Å². The van der Waals surface area contributed by atoms with Gasteiger partial charge in [-0.25, -0.2) is 0 Å². The van der Waals surface area contributed by atoms with Gasteiger partial charge in [0.2, 0.25) is 5.91 Å². The van der Waals surface area contributed by atoms with E-state index in [0.717, 1.165) is 70.6 Å². The fraction of sp³-hybridized carbons (Fsp3) is 0.891. The normalized spacial score (nSPS) is 13.3. The number of nitrogens with one attached hydrogen (secondary N) is 1. The Balaban J connectivity index is 4.53. The molecule has 0 radical (unpaired) electrons. The number of hydrogen-bond acceptors (Lipinski definition) is 5. The molecule has 0 heterocycles. The first-order valence-corrected chi connectivity index (χ1v) is 27.1. The van der Waals surface area contributed by atoms with Gasteiger partial charge in [0.1, 0.15) is 6.10 Å². The first-order chi connectivity index (χ1) is 30.0. The topological polar surface area (TPSA) is 95.9 Å². The van der Waals surface area contributed by atoms with Crippen molar-refractivity contribution in [3.05, 3.63) is 24.3 Å². The average Bonchev–Trinajstić information content (AvgIpc) is 3.25. The van der Waals surface area contributed by atoms with Crippen LogP contribution in [0.15, 0.2) is 24.3 Å². The van der Waals surface area contributed by atoms with Crippen molar-refractivity contribution in [1.29, 1.82) is 0 Å². The zero-order valence-electron chi connectivity index (χ0n) is 41.1. The molecular formula is C55H105NO5. The van der Waals surface area contributed by atoms with E-state index in [1.165, 1.54) is 173 Å². The molecule has 0 aromatic rings. The van der Waals surface area contributed by atoms with E-state index in [0.29, 0.717) is 19.3 Å². The Hall–Kier alpha value is -1.66. The van der Waals surface area contributed by atoms with Gasteiger partial charge >= 0.3 is 5.97 Å². The standard InChI is InChI=1S/C55H105NO5/c1-4-7-10-13-16-19-22-24-25-26-27-28-30-33-36-39-42-45-48-55(60)61-51(46-43-40-37-34-32-29-23-20-17-14-11-8-5-2)49-54(59)56-52(50-57)53(58)47-44-41-38-35-31-21-18-15-12-9-6-3/h20,23,27-28,51-53,57-58H,4-19,21-22,24-26,29-50H2,1-3H3,(H,56,59)/b23-20-,28-27+. The maximum Gasteiger partial charge on any atom is 0.306 e. The molecule has 6 nitrogen and oxygen atoms in total. The SMILES string of the molecule is CCCCCC/C=C\CCCCCCCC(CC(=O)NC(CO)C(O)CCCCCCCCCCCCC)OC(=O)CCCCCCC/C=C/CCCCCCCCCCC. The third-order valence-corrected chi connectivity index (χ3v) is 12.5. The van der Waals surface area contributed by atoms with E-state index < -0.39 is 18.2 Å². The van der Waals surface area contributed by atoms with Crippen molar-refractivity contribution in [3.63, 3.8) is 0 Å². The van der Waals surface area contributed by atoms with E-state index in [9.17, 15) is 19.8 Å². The van der Waals surface area contributed by atoms with Crippen molar-refractivity contribution in [2.75, 3.05) is 6.61 Å². The number of unbranched alkanes of at least 4 members (excludes halogenated alkanes) is 33. The smallest absolute Gasteiger partial charge is 0.306 e. The summed E-state index contributed by atoms with van der Waals surface area (Å²) in [6, 6.07) is -0.701. The second-order valence-electron chi connectivity index (χ2n) is 18.6. The molecule has 0 rings (SSSR count). The lowest BCUT2D eigenvalue weighted by molar-refractivity contribution is -0.151. The van der Waals surface area contributed by atoms with Crippen LogP contribution in [0.3, 0.4) is 0 Å². The van der Waals surface area contributed by atoms with Gasteiger partial charge in [0.15, 0.2) is 0 Å². The summed E-state index contributed by atoms with van der Waals surface area (Å²) in [4.78, 5) is 26.2. The Morgan fingerprint density at radius 3 is 1.18 bits per heavy atom. The van der Waals surface area contributed by atoms with Gasteiger partial charge in [-0.3, -0.25) is 9.59 Å². The highest BCUT2D eigenvalue weighted by Gasteiger charge is 2.24. The van der Waals surface area contributed by atoms with E-state index in [-0.39, 0.29) is 24.9 Å². The number of aliphatic hydroxyl groups excluding tert-OH is 2. The van der Waals surface area contributed by atoms with Crippen molar-refractivity contribution in [2.24, 2.45) is 0 Å². The molecule has 0 saturated carbocycles. The minimum absolute atomic E-state index is 0.0725. The molecule has 0 aliphatic rings. The van der Waals surface area contributed by atoms with Crippen LogP contribution < -0.4 is 5.32 Å². The zero-order chi connectivity index (χ0) is 44.5. The van der Waals surface area contributed by atoms with Gasteiger partial charge in [-0.15, -0.1) is 0 Å². The molecule has 0 fully saturated rings. The molecule has 360 valence electrons. The van der Waals surface area contributed by atoms with E-state index in [1.54, 1.807) is 0 Å². The largest absolute Gasteiger partial charge is 0.462 e. The van der Waals surface area contributed by atoms with Crippen LogP contribution in [0.25, 0.3) is 0 Å². The number of carbonyl (C=O) groups excluding carboxylic acids is 2.